The van der Waals surface area contributed by atoms with Crippen molar-refractivity contribution in [1.29, 1.82) is 0 Å². The number of hydrogen-bond acceptors (Lipinski definition) is 6. The third-order valence-corrected chi connectivity index (χ3v) is 6.71. The maximum absolute atomic E-state index is 14.1. The number of ether oxygens (including phenoxy) is 2. The molecule has 1 aliphatic rings. The van der Waals surface area contributed by atoms with Crippen LogP contribution in [0.25, 0.3) is 11.0 Å². The number of methoxy groups -OCH3 is 1. The molecule has 1 amide bonds. The number of fused-ring (bicyclic) bond motifs is 2. The first-order valence-corrected chi connectivity index (χ1v) is 12.8. The molecule has 0 radical (unpaired) electrons. The van der Waals surface area contributed by atoms with Gasteiger partial charge < -0.3 is 13.9 Å². The highest BCUT2D eigenvalue weighted by Crippen LogP contribution is 2.42. The lowest BCUT2D eigenvalue weighted by atomic mass is 9.98. The highest BCUT2D eigenvalue weighted by molar-refractivity contribution is 6.10. The van der Waals surface area contributed by atoms with E-state index in [0.717, 1.165) is 31.7 Å². The van der Waals surface area contributed by atoms with Crippen LogP contribution in [0, 0.1) is 12.7 Å². The number of hydrogen-bond donors (Lipinski definition) is 0. The van der Waals surface area contributed by atoms with Gasteiger partial charge in [0.2, 0.25) is 5.76 Å². The zero-order valence-electron chi connectivity index (χ0n) is 21.6. The molecule has 7 nitrogen and oxygen atoms in total. The van der Waals surface area contributed by atoms with E-state index in [0.29, 0.717) is 35.2 Å². The Labute approximate surface area is 219 Å². The van der Waals surface area contributed by atoms with E-state index in [1.165, 1.54) is 17.0 Å². The Morgan fingerprint density at radius 3 is 2.63 bits per heavy atom. The maximum Gasteiger partial charge on any atom is 0.296 e. The molecule has 8 heteroatoms. The molecule has 0 saturated heterocycles. The van der Waals surface area contributed by atoms with Crippen LogP contribution in [-0.4, -0.2) is 24.6 Å². The summed E-state index contributed by atoms with van der Waals surface area (Å²) in [4.78, 5) is 33.4. The number of carbonyl (C=O) groups excluding carboxylic acids is 1. The molecule has 196 valence electrons. The van der Waals surface area contributed by atoms with Gasteiger partial charge in [0.15, 0.2) is 16.9 Å². The van der Waals surface area contributed by atoms with Crippen LogP contribution in [0.15, 0.2) is 63.8 Å². The average Bonchev–Trinajstić information content (AvgIpc) is 3.21. The van der Waals surface area contributed by atoms with Crippen LogP contribution in [0.1, 0.15) is 66.0 Å². The first-order valence-electron chi connectivity index (χ1n) is 12.8. The summed E-state index contributed by atoms with van der Waals surface area (Å²) in [6.07, 6.45) is 4.31. The minimum absolute atomic E-state index is 0.0691. The van der Waals surface area contributed by atoms with Gasteiger partial charge in [0, 0.05) is 5.69 Å². The molecule has 0 N–H and O–H groups in total. The zero-order valence-corrected chi connectivity index (χ0v) is 21.6. The molecule has 0 saturated carbocycles. The van der Waals surface area contributed by atoms with Gasteiger partial charge in [0.1, 0.15) is 17.2 Å². The molecule has 0 spiro atoms. The molecule has 5 rings (SSSR count). The van der Waals surface area contributed by atoms with Crippen molar-refractivity contribution in [2.75, 3.05) is 18.6 Å². The molecule has 4 aromatic rings. The van der Waals surface area contributed by atoms with E-state index in [9.17, 15) is 14.0 Å². The number of nitrogens with zero attached hydrogens (tertiary/aromatic N) is 2. The number of pyridine rings is 1. The number of aromatic nitrogens is 1. The minimum atomic E-state index is -0.858. The van der Waals surface area contributed by atoms with Crippen LogP contribution in [0.2, 0.25) is 0 Å². The summed E-state index contributed by atoms with van der Waals surface area (Å²) in [5, 5.41) is 0.0691. The van der Waals surface area contributed by atoms with Crippen molar-refractivity contribution >= 4 is 22.7 Å². The summed E-state index contributed by atoms with van der Waals surface area (Å²) in [6, 6.07) is 13.5. The normalized spacial score (nSPS) is 14.7. The molecule has 2 aromatic heterocycles. The van der Waals surface area contributed by atoms with Gasteiger partial charge in [0.05, 0.1) is 30.7 Å². The van der Waals surface area contributed by atoms with Crippen LogP contribution in [0.3, 0.4) is 0 Å². The molecule has 0 bridgehead atoms. The molecular weight excluding hydrogens is 487 g/mol. The van der Waals surface area contributed by atoms with Crippen LogP contribution >= 0.6 is 0 Å². The van der Waals surface area contributed by atoms with Crippen LogP contribution in [-0.2, 0) is 0 Å². The molecule has 38 heavy (non-hydrogen) atoms. The van der Waals surface area contributed by atoms with Crippen molar-refractivity contribution < 1.29 is 23.1 Å². The lowest BCUT2D eigenvalue weighted by Crippen LogP contribution is -2.30. The van der Waals surface area contributed by atoms with Gasteiger partial charge in [-0.2, -0.15) is 0 Å². The van der Waals surface area contributed by atoms with E-state index in [1.54, 1.807) is 37.4 Å². The first kappa shape index (κ1) is 25.4. The smallest absolute Gasteiger partial charge is 0.296 e. The van der Waals surface area contributed by atoms with Gasteiger partial charge >= 0.3 is 0 Å². The zero-order chi connectivity index (χ0) is 26.8. The number of rotatable bonds is 9. The third-order valence-electron chi connectivity index (χ3n) is 6.71. The standard InChI is InChI=1S/C30H29FN2O5/c1-4-5-6-7-15-37-23-13-11-19(16-24(23)36-3)27-26-28(34)21-17-20(31)12-14-22(21)38-29(26)30(35)33(27)25-10-8-9-18(2)32-25/h8-14,16-17,27H,4-7,15H2,1-3H3. The lowest BCUT2D eigenvalue weighted by Gasteiger charge is -2.25. The van der Waals surface area contributed by atoms with Gasteiger partial charge in [-0.15, -0.1) is 0 Å². The molecule has 0 fully saturated rings. The molecule has 1 atom stereocenters. The highest BCUT2D eigenvalue weighted by atomic mass is 19.1. The van der Waals surface area contributed by atoms with Crippen molar-refractivity contribution in [3.63, 3.8) is 0 Å². The topological polar surface area (TPSA) is 81.9 Å². The number of amides is 1. The Morgan fingerprint density at radius 1 is 1.03 bits per heavy atom. The summed E-state index contributed by atoms with van der Waals surface area (Å²) < 4.78 is 31.6. The van der Waals surface area contributed by atoms with Gasteiger partial charge in [-0.05, 0) is 61.4 Å². The Bertz CT molecular complexity index is 1560. The van der Waals surface area contributed by atoms with Crippen LogP contribution in [0.5, 0.6) is 11.5 Å². The van der Waals surface area contributed by atoms with Gasteiger partial charge in [-0.3, -0.25) is 14.5 Å². The van der Waals surface area contributed by atoms with E-state index in [4.69, 9.17) is 13.9 Å². The van der Waals surface area contributed by atoms with Gasteiger partial charge in [-0.25, -0.2) is 9.37 Å². The molecule has 3 heterocycles. The minimum Gasteiger partial charge on any atom is -0.493 e. The van der Waals surface area contributed by atoms with Crippen molar-refractivity contribution in [3.8, 4) is 11.5 Å². The van der Waals surface area contributed by atoms with Gasteiger partial charge in [0.25, 0.3) is 5.91 Å². The van der Waals surface area contributed by atoms with Crippen LogP contribution in [0.4, 0.5) is 10.2 Å². The van der Waals surface area contributed by atoms with Crippen molar-refractivity contribution in [2.45, 2.75) is 45.6 Å². The lowest BCUT2D eigenvalue weighted by molar-refractivity contribution is 0.0970. The summed E-state index contributed by atoms with van der Waals surface area (Å²) in [5.74, 6) is 0.276. The number of unbranched alkanes of at least 4 members (excludes halogenated alkanes) is 3. The second-order valence-electron chi connectivity index (χ2n) is 9.35. The largest absolute Gasteiger partial charge is 0.493 e. The Morgan fingerprint density at radius 2 is 1.87 bits per heavy atom. The molecule has 2 aromatic carbocycles. The predicted molar refractivity (Wildman–Crippen MR) is 143 cm³/mol. The maximum atomic E-state index is 14.1. The van der Waals surface area contributed by atoms with E-state index < -0.39 is 23.2 Å². The second-order valence-corrected chi connectivity index (χ2v) is 9.35. The third kappa shape index (κ3) is 4.62. The number of anilines is 1. The summed E-state index contributed by atoms with van der Waals surface area (Å²) in [5.41, 5.74) is 1.13. The van der Waals surface area contributed by atoms with E-state index >= 15 is 0 Å². The fraction of sp³-hybridized carbons (Fsp3) is 0.300. The summed E-state index contributed by atoms with van der Waals surface area (Å²) in [7, 11) is 1.54. The number of benzene rings is 2. The monoisotopic (exact) mass is 516 g/mol. The number of aryl methyl sites for hydroxylation is 1. The second kappa shape index (κ2) is 10.7. The van der Waals surface area contributed by atoms with Crippen molar-refractivity contribution in [2.24, 2.45) is 0 Å². The predicted octanol–water partition coefficient (Wildman–Crippen LogP) is 6.35. The van der Waals surface area contributed by atoms with Crippen LogP contribution < -0.4 is 19.8 Å². The Kier molecular flexibility index (Phi) is 7.13. The quantitative estimate of drug-likeness (QED) is 0.241. The SMILES string of the molecule is CCCCCCOc1ccc(C2c3c(oc4ccc(F)cc4c3=O)C(=O)N2c2cccc(C)n2)cc1OC. The fourth-order valence-corrected chi connectivity index (χ4v) is 4.84. The van der Waals surface area contributed by atoms with Crippen molar-refractivity contribution in [3.05, 3.63) is 93.2 Å². The van der Waals surface area contributed by atoms with Crippen molar-refractivity contribution in [1.82, 2.24) is 4.98 Å². The average molecular weight is 517 g/mol. The Balaban J connectivity index is 1.63. The van der Waals surface area contributed by atoms with E-state index in [2.05, 4.69) is 11.9 Å². The van der Waals surface area contributed by atoms with E-state index in [1.807, 2.05) is 13.0 Å². The first-order chi connectivity index (χ1) is 18.4. The molecule has 0 aliphatic carbocycles. The highest BCUT2D eigenvalue weighted by Gasteiger charge is 2.44. The molecule has 1 unspecified atom stereocenters. The molecule has 1 aliphatic heterocycles. The summed E-state index contributed by atoms with van der Waals surface area (Å²) >= 11 is 0. The fourth-order valence-electron chi connectivity index (χ4n) is 4.84. The summed E-state index contributed by atoms with van der Waals surface area (Å²) in [6.45, 7) is 4.53. The van der Waals surface area contributed by atoms with Gasteiger partial charge in [-0.1, -0.05) is 38.3 Å². The molecular formula is C30H29FN2O5. The number of halogens is 1. The number of carbonyl (C=O) groups is 1. The Hall–Kier alpha value is -4.20. The van der Waals surface area contributed by atoms with E-state index in [-0.39, 0.29) is 22.3 Å².